The predicted octanol–water partition coefficient (Wildman–Crippen LogP) is 4.36. The first-order valence-electron chi connectivity index (χ1n) is 10.1. The van der Waals surface area contributed by atoms with Crippen LogP contribution in [0.15, 0.2) is 97.3 Å². The molecule has 0 aliphatic rings. The third-order valence-corrected chi connectivity index (χ3v) is 6.29. The minimum atomic E-state index is -0.506. The molecular formula is C25H21F2N3OSi. The van der Waals surface area contributed by atoms with E-state index in [1.54, 1.807) is 41.4 Å². The molecule has 160 valence electrons. The Hall–Kier alpha value is -3.58. The quantitative estimate of drug-likeness (QED) is 0.324. The molecule has 0 saturated carbocycles. The molecule has 1 N–H and O–H groups in total. The summed E-state index contributed by atoms with van der Waals surface area (Å²) in [6.07, 6.45) is 6.28. The summed E-state index contributed by atoms with van der Waals surface area (Å²) < 4.78 is 28.7. The first kappa shape index (κ1) is 21.6. The zero-order valence-electron chi connectivity index (χ0n) is 17.2. The summed E-state index contributed by atoms with van der Waals surface area (Å²) in [5.74, 6) is -1.07. The smallest absolute Gasteiger partial charge is 0.137 e. The second-order valence-corrected chi connectivity index (χ2v) is 8.59. The van der Waals surface area contributed by atoms with E-state index in [1.807, 2.05) is 12.1 Å². The van der Waals surface area contributed by atoms with Gasteiger partial charge in [0.15, 0.2) is 0 Å². The van der Waals surface area contributed by atoms with Gasteiger partial charge < -0.3 is 5.11 Å². The zero-order chi connectivity index (χ0) is 22.3. The van der Waals surface area contributed by atoms with E-state index in [1.165, 1.54) is 35.8 Å². The van der Waals surface area contributed by atoms with Crippen molar-refractivity contribution in [3.63, 3.8) is 0 Å². The molecule has 1 heterocycles. The van der Waals surface area contributed by atoms with Gasteiger partial charge in [-0.1, -0.05) is 53.7 Å². The van der Waals surface area contributed by atoms with Crippen molar-refractivity contribution in [3.8, 4) is 0 Å². The molecule has 1 aromatic heterocycles. The maximum atomic E-state index is 13.4. The van der Waals surface area contributed by atoms with E-state index < -0.39 is 5.92 Å². The molecule has 4 nitrogen and oxygen atoms in total. The van der Waals surface area contributed by atoms with E-state index in [-0.39, 0.29) is 17.4 Å². The van der Waals surface area contributed by atoms with Crippen molar-refractivity contribution >= 4 is 14.7 Å². The van der Waals surface area contributed by atoms with Crippen molar-refractivity contribution in [1.82, 2.24) is 14.8 Å². The van der Waals surface area contributed by atoms with Crippen LogP contribution >= 0.6 is 0 Å². The molecule has 0 unspecified atom stereocenters. The predicted molar refractivity (Wildman–Crippen MR) is 121 cm³/mol. The van der Waals surface area contributed by atoms with Gasteiger partial charge >= 0.3 is 0 Å². The number of aromatic nitrogens is 3. The number of aliphatic hydroxyl groups excluding tert-OH is 1. The van der Waals surface area contributed by atoms with Crippen LogP contribution in [0.4, 0.5) is 8.78 Å². The molecule has 0 atom stereocenters. The Kier molecular flexibility index (Phi) is 6.86. The fourth-order valence-electron chi connectivity index (χ4n) is 3.48. The van der Waals surface area contributed by atoms with Crippen LogP contribution in [0.3, 0.4) is 0 Å². The summed E-state index contributed by atoms with van der Waals surface area (Å²) in [4.78, 5) is 3.96. The van der Waals surface area contributed by atoms with E-state index in [0.717, 1.165) is 22.9 Å². The number of nitrogens with zero attached hydrogens (tertiary/aromatic N) is 3. The van der Waals surface area contributed by atoms with Crippen LogP contribution in [0.25, 0.3) is 0 Å². The first-order chi connectivity index (χ1) is 15.6. The van der Waals surface area contributed by atoms with E-state index in [4.69, 9.17) is 0 Å². The fraction of sp³-hybridized carbons (Fsp3) is 0.120. The Bertz CT molecular complexity index is 1130. The molecule has 3 aromatic carbocycles. The average molecular weight is 446 g/mol. The summed E-state index contributed by atoms with van der Waals surface area (Å²) in [5.41, 5.74) is 2.53. The minimum absolute atomic E-state index is 0.138. The topological polar surface area (TPSA) is 50.9 Å². The zero-order valence-corrected chi connectivity index (χ0v) is 18.2. The van der Waals surface area contributed by atoms with Gasteiger partial charge in [-0.25, -0.2) is 13.8 Å². The largest absolute Gasteiger partial charge is 0.512 e. The Morgan fingerprint density at radius 3 is 2.22 bits per heavy atom. The van der Waals surface area contributed by atoms with Gasteiger partial charge in [0.2, 0.25) is 0 Å². The maximum Gasteiger partial charge on any atom is 0.137 e. The van der Waals surface area contributed by atoms with Gasteiger partial charge in [-0.05, 0) is 53.5 Å². The molecular weight excluding hydrogens is 424 g/mol. The van der Waals surface area contributed by atoms with Gasteiger partial charge in [0, 0.05) is 6.17 Å². The molecule has 0 spiro atoms. The van der Waals surface area contributed by atoms with E-state index in [0.29, 0.717) is 15.9 Å². The first-order valence-corrected chi connectivity index (χ1v) is 11.3. The van der Waals surface area contributed by atoms with Crippen molar-refractivity contribution in [3.05, 3.63) is 126 Å². The Labute approximate surface area is 187 Å². The van der Waals surface area contributed by atoms with Crippen molar-refractivity contribution in [2.75, 3.05) is 0 Å². The van der Waals surface area contributed by atoms with Crippen LogP contribution in [0, 0.1) is 11.6 Å². The highest BCUT2D eigenvalue weighted by Crippen LogP contribution is 2.31. The number of halogens is 2. The second-order valence-electron chi connectivity index (χ2n) is 7.34. The van der Waals surface area contributed by atoms with Crippen molar-refractivity contribution in [2.24, 2.45) is 0 Å². The van der Waals surface area contributed by atoms with Gasteiger partial charge in [0.25, 0.3) is 0 Å². The highest BCUT2D eigenvalue weighted by Gasteiger charge is 2.19. The van der Waals surface area contributed by atoms with Crippen molar-refractivity contribution < 1.29 is 13.9 Å². The molecule has 0 saturated heterocycles. The molecule has 7 heteroatoms. The molecule has 0 aliphatic heterocycles. The van der Waals surface area contributed by atoms with Crippen LogP contribution in [-0.2, 0) is 12.6 Å². The number of hydrogen-bond donors (Lipinski definition) is 1. The third kappa shape index (κ3) is 5.56. The van der Waals surface area contributed by atoms with E-state index >= 15 is 0 Å². The summed E-state index contributed by atoms with van der Waals surface area (Å²) in [6, 6.07) is 20.2. The highest BCUT2D eigenvalue weighted by atomic mass is 28.2. The fourth-order valence-corrected chi connectivity index (χ4v) is 4.49. The standard InChI is InChI=1S/C25H21F2N3OSi/c26-21-9-5-19(6-10-21)25(20-7-11-22(27)12-8-20)24(31)13-4-18-2-1-3-23(14-18)32-17-30-16-28-15-29-30/h1-3,5-16,25,31H,4,17H2. The van der Waals surface area contributed by atoms with Crippen molar-refractivity contribution in [1.29, 1.82) is 0 Å². The molecule has 32 heavy (non-hydrogen) atoms. The van der Waals surface area contributed by atoms with Gasteiger partial charge in [-0.3, -0.25) is 4.68 Å². The summed E-state index contributed by atoms with van der Waals surface area (Å²) in [6.45, 7) is 0. The monoisotopic (exact) mass is 445 g/mol. The lowest BCUT2D eigenvalue weighted by Crippen LogP contribution is -2.20. The molecule has 0 amide bonds. The Morgan fingerprint density at radius 1 is 0.969 bits per heavy atom. The number of aliphatic hydroxyl groups is 1. The Morgan fingerprint density at radius 2 is 1.62 bits per heavy atom. The van der Waals surface area contributed by atoms with E-state index in [2.05, 4.69) is 22.2 Å². The lowest BCUT2D eigenvalue weighted by atomic mass is 9.89. The van der Waals surface area contributed by atoms with Crippen LogP contribution in [0.1, 0.15) is 22.6 Å². The van der Waals surface area contributed by atoms with Crippen molar-refractivity contribution in [2.45, 2.75) is 18.5 Å². The molecule has 2 radical (unpaired) electrons. The van der Waals surface area contributed by atoms with Crippen LogP contribution in [0.5, 0.6) is 0 Å². The summed E-state index contributed by atoms with van der Waals surface area (Å²) in [5, 5.41) is 16.3. The summed E-state index contributed by atoms with van der Waals surface area (Å²) >= 11 is 0. The molecule has 0 bridgehead atoms. The SMILES string of the molecule is OC(=CCc1cccc([Si]Cn2cncn2)c1)C(c1ccc(F)cc1)c1ccc(F)cc1. The lowest BCUT2D eigenvalue weighted by Gasteiger charge is -2.18. The van der Waals surface area contributed by atoms with Gasteiger partial charge in [-0.2, -0.15) is 5.10 Å². The Balaban J connectivity index is 1.53. The minimum Gasteiger partial charge on any atom is -0.512 e. The number of rotatable bonds is 8. The van der Waals surface area contributed by atoms with Crippen LogP contribution in [-0.4, -0.2) is 29.4 Å². The van der Waals surface area contributed by atoms with Crippen LogP contribution < -0.4 is 5.19 Å². The molecule has 0 fully saturated rings. The van der Waals surface area contributed by atoms with Crippen LogP contribution in [0.2, 0.25) is 0 Å². The molecule has 0 aliphatic carbocycles. The average Bonchev–Trinajstić information content (AvgIpc) is 3.33. The number of hydrogen-bond acceptors (Lipinski definition) is 3. The second kappa shape index (κ2) is 10.1. The third-order valence-electron chi connectivity index (χ3n) is 5.09. The number of allylic oxidation sites excluding steroid dienone is 2. The highest BCUT2D eigenvalue weighted by molar-refractivity contribution is 6.52. The van der Waals surface area contributed by atoms with Gasteiger partial charge in [0.05, 0.1) is 5.92 Å². The number of benzene rings is 3. The lowest BCUT2D eigenvalue weighted by molar-refractivity contribution is 0.379. The van der Waals surface area contributed by atoms with Gasteiger partial charge in [0.1, 0.15) is 39.6 Å². The summed E-state index contributed by atoms with van der Waals surface area (Å²) in [7, 11) is 0.548. The maximum absolute atomic E-state index is 13.4. The normalized spacial score (nSPS) is 11.8. The van der Waals surface area contributed by atoms with Gasteiger partial charge in [-0.15, -0.1) is 0 Å². The molecule has 4 rings (SSSR count). The molecule has 4 aromatic rings. The van der Waals surface area contributed by atoms with E-state index in [9.17, 15) is 13.9 Å².